The molecule has 5 nitrogen and oxygen atoms in total. The van der Waals surface area contributed by atoms with E-state index in [9.17, 15) is 0 Å². The van der Waals surface area contributed by atoms with Crippen LogP contribution < -0.4 is 10.1 Å². The summed E-state index contributed by atoms with van der Waals surface area (Å²) in [5, 5.41) is 3.38. The van der Waals surface area contributed by atoms with Crippen molar-refractivity contribution in [2.45, 2.75) is 25.8 Å². The number of ether oxygens (including phenoxy) is 1. The molecular weight excluding hydrogens is 312 g/mol. The Balaban J connectivity index is 2.88. The Hall–Kier alpha value is -2.01. The molecule has 0 fully saturated rings. The molecule has 0 aliphatic rings. The molecule has 0 bridgehead atoms. The maximum atomic E-state index is 5.36. The second-order valence-corrected chi connectivity index (χ2v) is 6.30. The lowest BCUT2D eigenvalue weighted by molar-refractivity contribution is 0.304. The monoisotopic (exact) mass is 346 g/mol. The van der Waals surface area contributed by atoms with E-state index >= 15 is 0 Å². The number of hydrogen-bond acceptors (Lipinski definition) is 3. The molecule has 140 valence electrons. The first kappa shape index (κ1) is 21.0. The highest BCUT2D eigenvalue weighted by Crippen LogP contribution is 2.23. The number of benzene rings is 1. The number of unbranched alkanes of at least 4 members (excludes halogenated alkanes) is 1. The molecule has 0 radical (unpaired) electrons. The Bertz CT molecular complexity index is 542. The maximum Gasteiger partial charge on any atom is 0.193 e. The van der Waals surface area contributed by atoms with Crippen molar-refractivity contribution in [3.63, 3.8) is 0 Å². The summed E-state index contributed by atoms with van der Waals surface area (Å²) in [5.74, 6) is 1.82. The summed E-state index contributed by atoms with van der Waals surface area (Å²) in [6.07, 6.45) is 4.06. The van der Waals surface area contributed by atoms with E-state index in [-0.39, 0.29) is 6.04 Å². The molecule has 5 heteroatoms. The summed E-state index contributed by atoms with van der Waals surface area (Å²) < 4.78 is 5.36. The zero-order valence-electron chi connectivity index (χ0n) is 16.5. The van der Waals surface area contributed by atoms with Gasteiger partial charge in [0, 0.05) is 20.1 Å². The van der Waals surface area contributed by atoms with Crippen molar-refractivity contribution in [3.8, 4) is 5.75 Å². The third kappa shape index (κ3) is 7.18. The first-order valence-electron chi connectivity index (χ1n) is 8.94. The van der Waals surface area contributed by atoms with Crippen LogP contribution in [-0.2, 0) is 0 Å². The number of guanidine groups is 1. The van der Waals surface area contributed by atoms with Gasteiger partial charge in [-0.05, 0) is 51.6 Å². The van der Waals surface area contributed by atoms with E-state index in [1.165, 1.54) is 5.56 Å². The first-order valence-corrected chi connectivity index (χ1v) is 8.94. The molecule has 0 aromatic heterocycles. The van der Waals surface area contributed by atoms with Crippen LogP contribution in [0.15, 0.2) is 41.9 Å². The molecule has 1 aromatic carbocycles. The van der Waals surface area contributed by atoms with Crippen LogP contribution in [0.1, 0.15) is 31.4 Å². The number of allylic oxidation sites excluding steroid dienone is 1. The second kappa shape index (κ2) is 11.5. The first-order chi connectivity index (χ1) is 12.0. The molecule has 25 heavy (non-hydrogen) atoms. The molecule has 0 spiro atoms. The number of nitrogens with zero attached hydrogens (tertiary/aromatic N) is 3. The highest BCUT2D eigenvalue weighted by Gasteiger charge is 2.15. The van der Waals surface area contributed by atoms with Gasteiger partial charge >= 0.3 is 0 Å². The number of nitrogens with one attached hydrogen (secondary N) is 1. The highest BCUT2D eigenvalue weighted by molar-refractivity contribution is 5.79. The van der Waals surface area contributed by atoms with Gasteiger partial charge in [-0.25, -0.2) is 0 Å². The Morgan fingerprint density at radius 2 is 2.12 bits per heavy atom. The summed E-state index contributed by atoms with van der Waals surface area (Å²) in [6, 6.07) is 8.41. The Morgan fingerprint density at radius 3 is 2.72 bits per heavy atom. The number of aliphatic imine (C=N–C) groups is 1. The lowest BCUT2D eigenvalue weighted by Crippen LogP contribution is -2.40. The number of hydrogen-bond donors (Lipinski definition) is 1. The standard InChI is InChI=1S/C20H34N4O/c1-7-9-10-14-24(5)20(21-8-2)22-16-19(23(3)4)17-12-11-13-18(15-17)25-6/h7,11-13,15,19H,1,8-10,14,16H2,2-6H3,(H,21,22). The molecule has 0 saturated carbocycles. The van der Waals surface area contributed by atoms with E-state index in [2.05, 4.69) is 61.9 Å². The van der Waals surface area contributed by atoms with Crippen molar-refractivity contribution >= 4 is 5.96 Å². The normalized spacial score (nSPS) is 12.8. The largest absolute Gasteiger partial charge is 0.497 e. The van der Waals surface area contributed by atoms with Gasteiger partial charge in [0.25, 0.3) is 0 Å². The lowest BCUT2D eigenvalue weighted by Gasteiger charge is -2.26. The van der Waals surface area contributed by atoms with Gasteiger partial charge in [-0.1, -0.05) is 18.2 Å². The van der Waals surface area contributed by atoms with E-state index < -0.39 is 0 Å². The lowest BCUT2D eigenvalue weighted by atomic mass is 10.1. The van der Waals surface area contributed by atoms with Gasteiger partial charge in [-0.15, -0.1) is 6.58 Å². The van der Waals surface area contributed by atoms with Crippen LogP contribution in [0.4, 0.5) is 0 Å². The summed E-state index contributed by atoms with van der Waals surface area (Å²) in [5.41, 5.74) is 1.21. The molecule has 0 aliphatic carbocycles. The quantitative estimate of drug-likeness (QED) is 0.306. The second-order valence-electron chi connectivity index (χ2n) is 6.30. The smallest absolute Gasteiger partial charge is 0.193 e. The van der Waals surface area contributed by atoms with Crippen LogP contribution in [-0.4, -0.2) is 63.6 Å². The van der Waals surface area contributed by atoms with Gasteiger partial charge in [0.15, 0.2) is 5.96 Å². The van der Waals surface area contributed by atoms with Gasteiger partial charge in [-0.2, -0.15) is 0 Å². The average molecular weight is 347 g/mol. The van der Waals surface area contributed by atoms with Crippen molar-refractivity contribution in [1.29, 1.82) is 0 Å². The molecule has 1 aromatic rings. The fourth-order valence-electron chi connectivity index (χ4n) is 2.64. The van der Waals surface area contributed by atoms with Crippen molar-refractivity contribution < 1.29 is 4.74 Å². The SMILES string of the molecule is C=CCCCN(C)C(=NCC(c1cccc(OC)c1)N(C)C)NCC. The van der Waals surface area contributed by atoms with Crippen LogP contribution in [0.2, 0.25) is 0 Å². The molecule has 1 N–H and O–H groups in total. The Morgan fingerprint density at radius 1 is 1.36 bits per heavy atom. The van der Waals surface area contributed by atoms with Crippen molar-refractivity contribution in [2.75, 3.05) is 47.9 Å². The van der Waals surface area contributed by atoms with E-state index in [1.54, 1.807) is 7.11 Å². The van der Waals surface area contributed by atoms with E-state index in [1.807, 2.05) is 18.2 Å². The third-order valence-electron chi connectivity index (χ3n) is 4.11. The van der Waals surface area contributed by atoms with Crippen LogP contribution in [0.5, 0.6) is 5.75 Å². The molecule has 1 unspecified atom stereocenters. The van der Waals surface area contributed by atoms with Crippen molar-refractivity contribution in [1.82, 2.24) is 15.1 Å². The molecule has 0 heterocycles. The van der Waals surface area contributed by atoms with Crippen LogP contribution in [0.25, 0.3) is 0 Å². The van der Waals surface area contributed by atoms with Crippen LogP contribution in [0, 0.1) is 0 Å². The third-order valence-corrected chi connectivity index (χ3v) is 4.11. The Kier molecular flexibility index (Phi) is 9.70. The zero-order valence-corrected chi connectivity index (χ0v) is 16.5. The molecule has 0 aliphatic heterocycles. The van der Waals surface area contributed by atoms with E-state index in [0.717, 1.165) is 37.6 Å². The molecule has 0 saturated heterocycles. The van der Waals surface area contributed by atoms with Crippen LogP contribution in [0.3, 0.4) is 0 Å². The van der Waals surface area contributed by atoms with Gasteiger partial charge < -0.3 is 19.9 Å². The topological polar surface area (TPSA) is 40.1 Å². The summed E-state index contributed by atoms with van der Waals surface area (Å²) in [6.45, 7) is 8.39. The zero-order chi connectivity index (χ0) is 18.7. The summed E-state index contributed by atoms with van der Waals surface area (Å²) >= 11 is 0. The van der Waals surface area contributed by atoms with Gasteiger partial charge in [-0.3, -0.25) is 4.99 Å². The minimum absolute atomic E-state index is 0.199. The highest BCUT2D eigenvalue weighted by atomic mass is 16.5. The Labute approximate surface area is 153 Å². The predicted octanol–water partition coefficient (Wildman–Crippen LogP) is 3.16. The van der Waals surface area contributed by atoms with Gasteiger partial charge in [0.1, 0.15) is 5.75 Å². The number of likely N-dealkylation sites (N-methyl/N-ethyl adjacent to an activating group) is 1. The van der Waals surface area contributed by atoms with E-state index in [4.69, 9.17) is 9.73 Å². The van der Waals surface area contributed by atoms with Crippen molar-refractivity contribution in [2.24, 2.45) is 4.99 Å². The minimum atomic E-state index is 0.199. The molecular formula is C20H34N4O. The maximum absolute atomic E-state index is 5.36. The fourth-order valence-corrected chi connectivity index (χ4v) is 2.64. The van der Waals surface area contributed by atoms with Gasteiger partial charge in [0.2, 0.25) is 0 Å². The number of rotatable bonds is 10. The molecule has 0 amide bonds. The summed E-state index contributed by atoms with van der Waals surface area (Å²) in [4.78, 5) is 9.25. The van der Waals surface area contributed by atoms with Crippen LogP contribution >= 0.6 is 0 Å². The summed E-state index contributed by atoms with van der Waals surface area (Å²) in [7, 11) is 7.95. The fraction of sp³-hybridized carbons (Fsp3) is 0.550. The van der Waals surface area contributed by atoms with Gasteiger partial charge in [0.05, 0.1) is 19.7 Å². The van der Waals surface area contributed by atoms with Crippen molar-refractivity contribution in [3.05, 3.63) is 42.5 Å². The molecule has 1 rings (SSSR count). The molecule has 1 atom stereocenters. The predicted molar refractivity (Wildman–Crippen MR) is 107 cm³/mol. The van der Waals surface area contributed by atoms with E-state index in [0.29, 0.717) is 6.54 Å². The number of methoxy groups -OCH3 is 1. The average Bonchev–Trinajstić information content (AvgIpc) is 2.61. The minimum Gasteiger partial charge on any atom is -0.497 e.